The normalized spacial score (nSPS) is 11.2. The minimum absolute atomic E-state index is 0.0594. The first kappa shape index (κ1) is 18.9. The molecule has 1 heterocycles. The Morgan fingerprint density at radius 3 is 2.48 bits per heavy atom. The molecule has 0 amide bonds. The van der Waals surface area contributed by atoms with Crippen LogP contribution in [0.5, 0.6) is 0 Å². The van der Waals surface area contributed by atoms with Gasteiger partial charge in [0.05, 0.1) is 0 Å². The Balaban J connectivity index is 2.14. The number of carboxylic acid groups (broad SMARTS) is 1. The van der Waals surface area contributed by atoms with Gasteiger partial charge in [0.1, 0.15) is 0 Å². The number of rotatable bonds is 3. The molecular formula is C19H11F3N2O2Se. The monoisotopic (exact) mass is 436 g/mol. The van der Waals surface area contributed by atoms with Crippen LogP contribution in [0.2, 0.25) is 0 Å². The summed E-state index contributed by atoms with van der Waals surface area (Å²) in [7, 11) is 0. The third-order valence-corrected chi connectivity index (χ3v) is 6.38. The molecule has 0 aliphatic carbocycles. The molecule has 8 heteroatoms. The van der Waals surface area contributed by atoms with E-state index in [0.29, 0.717) is 15.8 Å². The number of hydrogen-bond acceptors (Lipinski definition) is 2. The summed E-state index contributed by atoms with van der Waals surface area (Å²) in [6, 6.07) is 9.61. The third kappa shape index (κ3) is 3.65. The summed E-state index contributed by atoms with van der Waals surface area (Å²) in [5.41, 5.74) is 0.316. The number of nitrogens with zero attached hydrogens (tertiary/aromatic N) is 2. The molecule has 0 bridgehead atoms. The van der Waals surface area contributed by atoms with Crippen LogP contribution in [0.3, 0.4) is 0 Å². The third-order valence-electron chi connectivity index (χ3n) is 3.88. The molecule has 1 N–H and O–H groups in total. The number of carboxylic acids is 1. The van der Waals surface area contributed by atoms with E-state index in [1.165, 1.54) is 30.3 Å². The Morgan fingerprint density at radius 1 is 1.19 bits per heavy atom. The molecule has 0 spiro atoms. The van der Waals surface area contributed by atoms with E-state index in [-0.39, 0.29) is 21.3 Å². The van der Waals surface area contributed by atoms with Crippen molar-refractivity contribution < 1.29 is 23.1 Å². The maximum absolute atomic E-state index is 13.3. The van der Waals surface area contributed by atoms with Crippen LogP contribution in [0.1, 0.15) is 20.5 Å². The van der Waals surface area contributed by atoms with E-state index in [1.54, 1.807) is 13.0 Å². The molecular weight excluding hydrogens is 424 g/mol. The second kappa shape index (κ2) is 7.03. The van der Waals surface area contributed by atoms with Gasteiger partial charge < -0.3 is 0 Å². The van der Waals surface area contributed by atoms with Crippen LogP contribution in [0.4, 0.5) is 18.9 Å². The number of aryl methyl sites for hydroxylation is 1. The summed E-state index contributed by atoms with van der Waals surface area (Å²) >= 11 is -0.527. The first-order valence-corrected chi connectivity index (χ1v) is 9.33. The van der Waals surface area contributed by atoms with Crippen molar-refractivity contribution in [3.63, 3.8) is 0 Å². The van der Waals surface area contributed by atoms with Gasteiger partial charge >= 0.3 is 158 Å². The fraction of sp³-hybridized carbons (Fsp3) is 0.105. The molecule has 0 unspecified atom stereocenters. The van der Waals surface area contributed by atoms with Crippen molar-refractivity contribution >= 4 is 26.2 Å². The molecule has 0 saturated carbocycles. The van der Waals surface area contributed by atoms with E-state index < -0.39 is 32.2 Å². The van der Waals surface area contributed by atoms with Crippen molar-refractivity contribution in [2.24, 2.45) is 0 Å². The Morgan fingerprint density at radius 2 is 1.89 bits per heavy atom. The Labute approximate surface area is 158 Å². The Kier molecular flexibility index (Phi) is 4.92. The van der Waals surface area contributed by atoms with Gasteiger partial charge in [0, 0.05) is 0 Å². The molecule has 4 nitrogen and oxygen atoms in total. The quantitative estimate of drug-likeness (QED) is 0.463. The topological polar surface area (TPSA) is 54.5 Å². The van der Waals surface area contributed by atoms with Crippen molar-refractivity contribution in [3.8, 4) is 21.3 Å². The van der Waals surface area contributed by atoms with Crippen LogP contribution in [0.25, 0.3) is 26.1 Å². The zero-order chi connectivity index (χ0) is 19.8. The molecule has 27 heavy (non-hydrogen) atoms. The average molecular weight is 435 g/mol. The summed E-state index contributed by atoms with van der Waals surface area (Å²) in [6.45, 7) is 8.98. The fourth-order valence-corrected chi connectivity index (χ4v) is 4.56. The molecule has 2 aromatic carbocycles. The van der Waals surface area contributed by atoms with Crippen molar-refractivity contribution in [2.75, 3.05) is 0 Å². The van der Waals surface area contributed by atoms with Gasteiger partial charge in [0.15, 0.2) is 0 Å². The van der Waals surface area contributed by atoms with Gasteiger partial charge in [-0.2, -0.15) is 0 Å². The zero-order valence-electron chi connectivity index (χ0n) is 13.8. The second-order valence-corrected chi connectivity index (χ2v) is 7.72. The molecule has 3 aromatic rings. The van der Waals surface area contributed by atoms with E-state index >= 15 is 0 Å². The molecule has 0 fully saturated rings. The first-order valence-electron chi connectivity index (χ1n) is 7.61. The second-order valence-electron chi connectivity index (χ2n) is 5.63. The number of carbonyl (C=O) groups is 1. The van der Waals surface area contributed by atoms with E-state index in [4.69, 9.17) is 6.57 Å². The van der Waals surface area contributed by atoms with Crippen LogP contribution >= 0.6 is 0 Å². The molecule has 0 saturated heterocycles. The van der Waals surface area contributed by atoms with E-state index in [1.807, 2.05) is 0 Å². The number of hydrogen-bond donors (Lipinski definition) is 1. The summed E-state index contributed by atoms with van der Waals surface area (Å²) in [5.74, 6) is -1.03. The maximum atomic E-state index is 13.3. The predicted molar refractivity (Wildman–Crippen MR) is 95.0 cm³/mol. The molecule has 0 atom stereocenters. The fourth-order valence-electron chi connectivity index (χ4n) is 2.67. The van der Waals surface area contributed by atoms with Crippen LogP contribution in [-0.4, -0.2) is 30.6 Å². The van der Waals surface area contributed by atoms with Crippen LogP contribution in [0.15, 0.2) is 42.5 Å². The van der Waals surface area contributed by atoms with Crippen molar-refractivity contribution in [3.05, 3.63) is 69.6 Å². The van der Waals surface area contributed by atoms with Gasteiger partial charge in [-0.15, -0.1) is 0 Å². The van der Waals surface area contributed by atoms with E-state index in [2.05, 4.69) is 9.83 Å². The molecule has 1 aromatic heterocycles. The van der Waals surface area contributed by atoms with Crippen molar-refractivity contribution in [1.29, 1.82) is 0 Å². The first-order chi connectivity index (χ1) is 12.7. The summed E-state index contributed by atoms with van der Waals surface area (Å²) in [5, 5.41) is 9.18. The summed E-state index contributed by atoms with van der Waals surface area (Å²) < 4.78 is 40.7. The molecule has 3 rings (SSSR count). The van der Waals surface area contributed by atoms with Crippen LogP contribution in [0, 0.1) is 13.5 Å². The van der Waals surface area contributed by atoms with Gasteiger partial charge in [-0.3, -0.25) is 0 Å². The minimum atomic E-state index is -4.54. The number of benzene rings is 2. The van der Waals surface area contributed by atoms with Crippen molar-refractivity contribution in [1.82, 2.24) is 4.98 Å². The Bertz CT molecular complexity index is 1080. The van der Waals surface area contributed by atoms with Gasteiger partial charge in [-0.1, -0.05) is 0 Å². The van der Waals surface area contributed by atoms with Gasteiger partial charge in [-0.25, -0.2) is 0 Å². The molecule has 0 radical (unpaired) electrons. The Hall–Kier alpha value is -2.88. The molecule has 0 aliphatic heterocycles. The van der Waals surface area contributed by atoms with E-state index in [9.17, 15) is 23.1 Å². The predicted octanol–water partition coefficient (Wildman–Crippen LogP) is 5.05. The summed E-state index contributed by atoms with van der Waals surface area (Å²) in [4.78, 5) is 18.8. The zero-order valence-corrected chi connectivity index (χ0v) is 15.5. The average Bonchev–Trinajstić information content (AvgIpc) is 3.02. The number of aromatic carboxylic acids is 1. The SMILES string of the molecule is [C-]#[N+]c1cc(-c2nc(C)c(C(=O)O)[se]2)ccc1-c1ccccc1C(F)(F)F. The summed E-state index contributed by atoms with van der Waals surface area (Å²) in [6.07, 6.45) is -4.54. The van der Waals surface area contributed by atoms with Gasteiger partial charge in [0.25, 0.3) is 0 Å². The number of aromatic nitrogens is 1. The van der Waals surface area contributed by atoms with Crippen LogP contribution < -0.4 is 0 Å². The molecule has 136 valence electrons. The van der Waals surface area contributed by atoms with Gasteiger partial charge in [-0.05, 0) is 0 Å². The van der Waals surface area contributed by atoms with Gasteiger partial charge in [0.2, 0.25) is 0 Å². The molecule has 0 aliphatic rings. The number of alkyl halides is 3. The van der Waals surface area contributed by atoms with Crippen molar-refractivity contribution in [2.45, 2.75) is 13.1 Å². The standard InChI is InChI=1S/C19H11F3N2O2Se/c1-10-16(18(25)26)27-17(24-10)11-7-8-13(15(9-11)23-2)12-5-3-4-6-14(12)19(20,21)22/h3-9H,1H3,(H,25,26). The number of halogens is 3. The van der Waals surface area contributed by atoms with Crippen LogP contribution in [-0.2, 0) is 6.18 Å². The van der Waals surface area contributed by atoms with E-state index in [0.717, 1.165) is 6.07 Å².